The maximum Gasteiger partial charge on any atom is 0.160 e. The third-order valence-electron chi connectivity index (χ3n) is 9.65. The number of fused-ring (bicyclic) bond motifs is 6. The normalized spacial score (nSPS) is 11.6. The van der Waals surface area contributed by atoms with Crippen LogP contribution in [-0.4, -0.2) is 14.5 Å². The summed E-state index contributed by atoms with van der Waals surface area (Å²) in [5, 5.41) is 4.71. The molecule has 0 saturated heterocycles. The lowest BCUT2D eigenvalue weighted by Gasteiger charge is -2.15. The van der Waals surface area contributed by atoms with E-state index in [0.717, 1.165) is 77.9 Å². The number of para-hydroxylation sites is 4. The molecule has 0 aliphatic carbocycles. The number of furan rings is 1. The van der Waals surface area contributed by atoms with Crippen LogP contribution in [-0.2, 0) is 0 Å². The first-order valence-corrected chi connectivity index (χ1v) is 16.8. The summed E-state index contributed by atoms with van der Waals surface area (Å²) < 4.78 is 8.43. The lowest BCUT2D eigenvalue weighted by molar-refractivity contribution is 0.669. The van der Waals surface area contributed by atoms with Gasteiger partial charge in [-0.25, -0.2) is 9.97 Å². The highest BCUT2D eigenvalue weighted by Crippen LogP contribution is 2.38. The molecule has 50 heavy (non-hydrogen) atoms. The number of rotatable bonds is 5. The molecule has 0 atom stereocenters. The maximum atomic E-state index is 6.07. The third-order valence-corrected chi connectivity index (χ3v) is 9.65. The molecule has 3 aromatic heterocycles. The molecule has 0 aliphatic rings. The lowest BCUT2D eigenvalue weighted by Crippen LogP contribution is -2.00. The first kappa shape index (κ1) is 28.3. The first-order valence-electron chi connectivity index (χ1n) is 16.8. The molecule has 4 nitrogen and oxygen atoms in total. The molecule has 0 radical (unpaired) electrons. The van der Waals surface area contributed by atoms with Crippen LogP contribution in [0.5, 0.6) is 0 Å². The van der Waals surface area contributed by atoms with Gasteiger partial charge in [-0.05, 0) is 53.6 Å². The van der Waals surface area contributed by atoms with Gasteiger partial charge in [-0.1, -0.05) is 133 Å². The van der Waals surface area contributed by atoms with E-state index in [1.165, 1.54) is 10.8 Å². The molecule has 10 aromatic rings. The van der Waals surface area contributed by atoms with E-state index in [9.17, 15) is 0 Å². The van der Waals surface area contributed by atoms with E-state index >= 15 is 0 Å². The van der Waals surface area contributed by atoms with Crippen LogP contribution >= 0.6 is 0 Å². The van der Waals surface area contributed by atoms with Gasteiger partial charge < -0.3 is 8.98 Å². The fourth-order valence-corrected chi connectivity index (χ4v) is 7.26. The summed E-state index contributed by atoms with van der Waals surface area (Å²) in [5.41, 5.74) is 12.3. The molecule has 3 heterocycles. The Bertz CT molecular complexity index is 2810. The summed E-state index contributed by atoms with van der Waals surface area (Å²) in [6.45, 7) is 0. The van der Waals surface area contributed by atoms with Gasteiger partial charge in [0.15, 0.2) is 5.82 Å². The van der Waals surface area contributed by atoms with Crippen LogP contribution < -0.4 is 0 Å². The van der Waals surface area contributed by atoms with E-state index in [0.29, 0.717) is 5.82 Å². The largest absolute Gasteiger partial charge is 0.456 e. The second kappa shape index (κ2) is 11.4. The molecular formula is C46H29N3O. The topological polar surface area (TPSA) is 43.9 Å². The van der Waals surface area contributed by atoms with E-state index in [2.05, 4.69) is 150 Å². The molecule has 0 fully saturated rings. The van der Waals surface area contributed by atoms with Crippen molar-refractivity contribution >= 4 is 43.7 Å². The van der Waals surface area contributed by atoms with Gasteiger partial charge in [0.1, 0.15) is 11.2 Å². The Morgan fingerprint density at radius 1 is 0.380 bits per heavy atom. The summed E-state index contributed by atoms with van der Waals surface area (Å²) in [7, 11) is 0. The molecule has 0 unspecified atom stereocenters. The van der Waals surface area contributed by atoms with Crippen molar-refractivity contribution < 1.29 is 4.42 Å². The van der Waals surface area contributed by atoms with Crippen molar-refractivity contribution in [1.82, 2.24) is 14.5 Å². The van der Waals surface area contributed by atoms with Crippen LogP contribution in [0.1, 0.15) is 0 Å². The molecule has 0 spiro atoms. The van der Waals surface area contributed by atoms with Gasteiger partial charge in [-0.15, -0.1) is 0 Å². The minimum Gasteiger partial charge on any atom is -0.456 e. The quantitative estimate of drug-likeness (QED) is 0.188. The molecule has 10 rings (SSSR count). The summed E-state index contributed by atoms with van der Waals surface area (Å²) in [6, 6.07) is 61.4. The Balaban J connectivity index is 1.12. The van der Waals surface area contributed by atoms with Crippen molar-refractivity contribution in [2.45, 2.75) is 0 Å². The maximum absolute atomic E-state index is 6.07. The molecule has 7 aromatic carbocycles. The zero-order valence-electron chi connectivity index (χ0n) is 27.0. The highest BCUT2D eigenvalue weighted by atomic mass is 16.3. The second-order valence-corrected chi connectivity index (χ2v) is 12.6. The minimum absolute atomic E-state index is 0.691. The van der Waals surface area contributed by atoms with Crippen molar-refractivity contribution in [3.63, 3.8) is 0 Å². The van der Waals surface area contributed by atoms with Crippen molar-refractivity contribution in [2.24, 2.45) is 0 Å². The first-order chi connectivity index (χ1) is 24.8. The van der Waals surface area contributed by atoms with Crippen LogP contribution in [0.15, 0.2) is 180 Å². The van der Waals surface area contributed by atoms with Gasteiger partial charge >= 0.3 is 0 Å². The van der Waals surface area contributed by atoms with Crippen molar-refractivity contribution in [1.29, 1.82) is 0 Å². The van der Waals surface area contributed by atoms with Crippen molar-refractivity contribution in [2.75, 3.05) is 0 Å². The van der Waals surface area contributed by atoms with E-state index in [4.69, 9.17) is 14.4 Å². The van der Waals surface area contributed by atoms with Crippen molar-refractivity contribution in [3.8, 4) is 50.7 Å². The Kier molecular flexibility index (Phi) is 6.46. The zero-order valence-corrected chi connectivity index (χ0v) is 27.0. The van der Waals surface area contributed by atoms with Crippen LogP contribution in [0.25, 0.3) is 94.5 Å². The number of nitrogens with zero attached hydrogens (tertiary/aromatic N) is 3. The van der Waals surface area contributed by atoms with Crippen LogP contribution in [0.3, 0.4) is 0 Å². The zero-order chi connectivity index (χ0) is 33.0. The Labute approximate surface area is 288 Å². The Morgan fingerprint density at radius 2 is 0.960 bits per heavy atom. The molecule has 0 bridgehead atoms. The van der Waals surface area contributed by atoms with Gasteiger partial charge in [0.05, 0.1) is 28.1 Å². The molecule has 0 amide bonds. The van der Waals surface area contributed by atoms with Gasteiger partial charge in [0.25, 0.3) is 0 Å². The van der Waals surface area contributed by atoms with E-state index in [-0.39, 0.29) is 0 Å². The summed E-state index contributed by atoms with van der Waals surface area (Å²) >= 11 is 0. The number of aromatic nitrogens is 3. The standard InChI is InChI=1S/C46H29N3O/c1-2-12-32(13-3-1)46-47-39(31-24-22-30(23-25-31)33-26-27-45-38(28-33)36-16-7-11-21-44(36)50-45)29-40(48-46)37-17-6-10-20-43(37)49-41-18-8-4-14-34(41)35-15-5-9-19-42(35)49/h1-29H. The monoisotopic (exact) mass is 639 g/mol. The van der Waals surface area contributed by atoms with E-state index in [1.54, 1.807) is 0 Å². The van der Waals surface area contributed by atoms with Gasteiger partial charge in [0.2, 0.25) is 0 Å². The average molecular weight is 640 g/mol. The molecular weight excluding hydrogens is 611 g/mol. The molecule has 0 saturated carbocycles. The van der Waals surface area contributed by atoms with Crippen LogP contribution in [0.4, 0.5) is 0 Å². The predicted molar refractivity (Wildman–Crippen MR) is 205 cm³/mol. The third kappa shape index (κ3) is 4.61. The van der Waals surface area contributed by atoms with Gasteiger partial charge in [-0.2, -0.15) is 0 Å². The van der Waals surface area contributed by atoms with Crippen molar-refractivity contribution in [3.05, 3.63) is 176 Å². The predicted octanol–water partition coefficient (Wildman–Crippen LogP) is 12.1. The number of hydrogen-bond acceptors (Lipinski definition) is 3. The molecule has 234 valence electrons. The SMILES string of the molecule is c1ccc(-c2nc(-c3ccc(-c4ccc5oc6ccccc6c5c4)cc3)cc(-c3ccccc3-n3c4ccccc4c4ccccc43)n2)cc1. The summed E-state index contributed by atoms with van der Waals surface area (Å²) in [4.78, 5) is 10.3. The Hall–Kier alpha value is -6.78. The average Bonchev–Trinajstić information content (AvgIpc) is 3.73. The highest BCUT2D eigenvalue weighted by molar-refractivity contribution is 6.10. The highest BCUT2D eigenvalue weighted by Gasteiger charge is 2.18. The van der Waals surface area contributed by atoms with Gasteiger partial charge in [-0.3, -0.25) is 0 Å². The minimum atomic E-state index is 0.691. The smallest absolute Gasteiger partial charge is 0.160 e. The van der Waals surface area contributed by atoms with Crippen LogP contribution in [0, 0.1) is 0 Å². The molecule has 0 N–H and O–H groups in total. The molecule has 4 heteroatoms. The Morgan fingerprint density at radius 3 is 1.74 bits per heavy atom. The van der Waals surface area contributed by atoms with Crippen LogP contribution in [0.2, 0.25) is 0 Å². The fraction of sp³-hybridized carbons (Fsp3) is 0. The van der Waals surface area contributed by atoms with Gasteiger partial charge in [0, 0.05) is 38.2 Å². The summed E-state index contributed by atoms with van der Waals surface area (Å²) in [6.07, 6.45) is 0. The van der Waals surface area contributed by atoms with E-state index < -0.39 is 0 Å². The fourth-order valence-electron chi connectivity index (χ4n) is 7.26. The molecule has 0 aliphatic heterocycles. The second-order valence-electron chi connectivity index (χ2n) is 12.6. The van der Waals surface area contributed by atoms with E-state index in [1.807, 2.05) is 30.3 Å². The summed E-state index contributed by atoms with van der Waals surface area (Å²) in [5.74, 6) is 0.691. The lowest BCUT2D eigenvalue weighted by atomic mass is 10.00. The number of benzene rings is 7. The number of hydrogen-bond donors (Lipinski definition) is 0.